The Bertz CT molecular complexity index is 1520. The predicted octanol–water partition coefficient (Wildman–Crippen LogP) is 3.93. The molecule has 1 saturated heterocycles. The summed E-state index contributed by atoms with van der Waals surface area (Å²) in [4.78, 5) is 38.2. The third-order valence-electron chi connectivity index (χ3n) is 5.47. The van der Waals surface area contributed by atoms with Crippen LogP contribution in [0.3, 0.4) is 0 Å². The van der Waals surface area contributed by atoms with Crippen LogP contribution in [0.4, 0.5) is 10.1 Å². The second-order valence-corrected chi connectivity index (χ2v) is 9.97. The van der Waals surface area contributed by atoms with Gasteiger partial charge in [-0.1, -0.05) is 29.8 Å². The van der Waals surface area contributed by atoms with Gasteiger partial charge in [0, 0.05) is 28.8 Å². The third-order valence-corrected chi connectivity index (χ3v) is 7.17. The molecule has 3 aromatic carbocycles. The largest absolute Gasteiger partial charge is 0.507 e. The molecule has 1 aliphatic rings. The first-order chi connectivity index (χ1) is 17.0. The molecule has 0 aromatic heterocycles. The molecule has 184 valence electrons. The summed E-state index contributed by atoms with van der Waals surface area (Å²) in [5, 5.41) is 11.4. The number of hydrogen-bond acceptors (Lipinski definition) is 6. The normalized spacial score (nSPS) is 17.3. The van der Waals surface area contributed by atoms with Crippen LogP contribution in [-0.4, -0.2) is 31.1 Å². The Morgan fingerprint density at radius 2 is 1.61 bits per heavy atom. The number of ketones is 1. The van der Waals surface area contributed by atoms with Crippen LogP contribution in [-0.2, 0) is 24.4 Å². The van der Waals surface area contributed by atoms with E-state index in [-0.39, 0.29) is 27.3 Å². The van der Waals surface area contributed by atoms with Gasteiger partial charge >= 0.3 is 0 Å². The van der Waals surface area contributed by atoms with E-state index in [0.29, 0.717) is 5.02 Å². The summed E-state index contributed by atoms with van der Waals surface area (Å²) in [6.07, 6.45) is 0. The molecule has 1 heterocycles. The maximum Gasteiger partial charge on any atom is 0.300 e. The lowest BCUT2D eigenvalue weighted by atomic mass is 9.94. The molecule has 0 radical (unpaired) electrons. The molecule has 0 saturated carbocycles. The maximum absolute atomic E-state index is 14.9. The van der Waals surface area contributed by atoms with Crippen molar-refractivity contribution in [3.63, 3.8) is 0 Å². The first kappa shape index (κ1) is 25.1. The van der Waals surface area contributed by atoms with Crippen LogP contribution >= 0.6 is 11.6 Å². The first-order valence-electron chi connectivity index (χ1n) is 10.5. The van der Waals surface area contributed by atoms with Crippen LogP contribution in [0.15, 0.2) is 83.3 Å². The van der Waals surface area contributed by atoms with Crippen molar-refractivity contribution in [2.24, 2.45) is 0 Å². The zero-order valence-corrected chi connectivity index (χ0v) is 20.2. The molecule has 4 rings (SSSR count). The van der Waals surface area contributed by atoms with E-state index in [1.807, 2.05) is 4.72 Å². The molecule has 11 heteroatoms. The van der Waals surface area contributed by atoms with Crippen LogP contribution in [0.5, 0.6) is 0 Å². The second-order valence-electron chi connectivity index (χ2n) is 7.85. The number of nitrogens with zero attached hydrogens (tertiary/aromatic N) is 1. The average Bonchev–Trinajstić information content (AvgIpc) is 3.09. The van der Waals surface area contributed by atoms with E-state index >= 15 is 0 Å². The molecule has 1 aliphatic heterocycles. The van der Waals surface area contributed by atoms with Gasteiger partial charge in [0.15, 0.2) is 0 Å². The summed E-state index contributed by atoms with van der Waals surface area (Å²) in [7, 11) is -4.15. The van der Waals surface area contributed by atoms with E-state index in [0.717, 1.165) is 30.0 Å². The van der Waals surface area contributed by atoms with Crippen LogP contribution in [0.2, 0.25) is 5.02 Å². The molecule has 0 bridgehead atoms. The van der Waals surface area contributed by atoms with Crippen molar-refractivity contribution in [3.8, 4) is 0 Å². The van der Waals surface area contributed by atoms with E-state index in [9.17, 15) is 32.3 Å². The smallest absolute Gasteiger partial charge is 0.300 e. The summed E-state index contributed by atoms with van der Waals surface area (Å²) >= 11 is 5.91. The first-order valence-corrected chi connectivity index (χ1v) is 12.3. The molecule has 1 fully saturated rings. The van der Waals surface area contributed by atoms with Gasteiger partial charge in [-0.05, 0) is 54.6 Å². The molecular weight excluding hydrogens is 511 g/mol. The topological polar surface area (TPSA) is 121 Å². The van der Waals surface area contributed by atoms with Gasteiger partial charge in [0.05, 0.1) is 16.5 Å². The summed E-state index contributed by atoms with van der Waals surface area (Å²) in [6.45, 7) is 1.04. The van der Waals surface area contributed by atoms with E-state index in [2.05, 4.69) is 0 Å². The highest BCUT2D eigenvalue weighted by molar-refractivity contribution is 7.90. The number of aliphatic hydroxyl groups is 1. The Hall–Kier alpha value is -4.02. The Morgan fingerprint density at radius 3 is 2.19 bits per heavy atom. The average molecular weight is 529 g/mol. The van der Waals surface area contributed by atoms with Crippen molar-refractivity contribution < 1.29 is 32.3 Å². The number of benzene rings is 3. The van der Waals surface area contributed by atoms with Gasteiger partial charge in [-0.25, -0.2) is 17.5 Å². The number of nitrogens with one attached hydrogen (secondary N) is 1. The van der Waals surface area contributed by atoms with Gasteiger partial charge in [0.1, 0.15) is 11.6 Å². The van der Waals surface area contributed by atoms with Crippen molar-refractivity contribution in [1.82, 2.24) is 4.72 Å². The Balaban J connectivity index is 1.88. The summed E-state index contributed by atoms with van der Waals surface area (Å²) < 4.78 is 41.3. The molecule has 0 spiro atoms. The lowest BCUT2D eigenvalue weighted by molar-refractivity contribution is -0.132. The number of amides is 2. The zero-order chi connectivity index (χ0) is 26.2. The van der Waals surface area contributed by atoms with Crippen LogP contribution in [0, 0.1) is 5.82 Å². The number of Topliss-reactive ketones (excluding diaryl/α,β-unsaturated/α-hetero) is 1. The Morgan fingerprint density at radius 1 is 1.00 bits per heavy atom. The van der Waals surface area contributed by atoms with Gasteiger partial charge < -0.3 is 5.11 Å². The van der Waals surface area contributed by atoms with Gasteiger partial charge in [0.25, 0.3) is 21.7 Å². The predicted molar refractivity (Wildman–Crippen MR) is 130 cm³/mol. The fourth-order valence-electron chi connectivity index (χ4n) is 3.89. The number of sulfonamides is 1. The fourth-order valence-corrected chi connectivity index (χ4v) is 5.00. The second kappa shape index (κ2) is 9.56. The molecular formula is C25H18ClFN2O6S. The Kier molecular flexibility index (Phi) is 6.66. The van der Waals surface area contributed by atoms with E-state index in [4.69, 9.17) is 11.6 Å². The molecule has 0 unspecified atom stereocenters. The quantitative estimate of drug-likeness (QED) is 0.294. The molecule has 3 aromatic rings. The van der Waals surface area contributed by atoms with Crippen LogP contribution in [0.1, 0.15) is 24.1 Å². The van der Waals surface area contributed by atoms with Crippen molar-refractivity contribution >= 4 is 50.7 Å². The fraction of sp³-hybridized carbons (Fsp3) is 0.0800. The lowest BCUT2D eigenvalue weighted by Gasteiger charge is -2.26. The molecule has 36 heavy (non-hydrogen) atoms. The summed E-state index contributed by atoms with van der Waals surface area (Å²) in [6, 6.07) is 14.8. The van der Waals surface area contributed by atoms with Crippen LogP contribution < -0.4 is 9.62 Å². The van der Waals surface area contributed by atoms with E-state index in [1.165, 1.54) is 54.6 Å². The molecule has 2 amide bonds. The van der Waals surface area contributed by atoms with Crippen molar-refractivity contribution in [2.75, 3.05) is 4.90 Å². The highest BCUT2D eigenvalue weighted by Crippen LogP contribution is 2.43. The minimum absolute atomic E-state index is 0.0536. The Labute approximate surface area is 210 Å². The molecule has 1 atom stereocenters. The number of carbonyl (C=O) groups excluding carboxylic acids is 3. The molecule has 0 aliphatic carbocycles. The summed E-state index contributed by atoms with van der Waals surface area (Å²) in [5.74, 6) is -4.12. The summed E-state index contributed by atoms with van der Waals surface area (Å²) in [5.41, 5.74) is -0.137. The van der Waals surface area contributed by atoms with Gasteiger partial charge in [-0.2, -0.15) is 0 Å². The highest BCUT2D eigenvalue weighted by atomic mass is 35.5. The van der Waals surface area contributed by atoms with Crippen molar-refractivity contribution in [3.05, 3.63) is 100 Å². The van der Waals surface area contributed by atoms with E-state index in [1.54, 1.807) is 0 Å². The van der Waals surface area contributed by atoms with Crippen molar-refractivity contribution in [1.29, 1.82) is 0 Å². The van der Waals surface area contributed by atoms with Gasteiger partial charge in [-0.15, -0.1) is 0 Å². The monoisotopic (exact) mass is 528 g/mol. The van der Waals surface area contributed by atoms with Crippen LogP contribution in [0.25, 0.3) is 5.76 Å². The number of halogens is 2. The van der Waals surface area contributed by atoms with Crippen molar-refractivity contribution in [2.45, 2.75) is 17.9 Å². The number of carbonyl (C=O) groups is 3. The van der Waals surface area contributed by atoms with Gasteiger partial charge in [-0.3, -0.25) is 19.3 Å². The minimum Gasteiger partial charge on any atom is -0.507 e. The maximum atomic E-state index is 14.9. The number of rotatable bonds is 5. The number of anilines is 1. The molecule has 8 nitrogen and oxygen atoms in total. The third kappa shape index (κ3) is 4.60. The zero-order valence-electron chi connectivity index (χ0n) is 18.6. The van der Waals surface area contributed by atoms with Gasteiger partial charge in [0.2, 0.25) is 5.91 Å². The number of aliphatic hydroxyl groups excluding tert-OH is 1. The SMILES string of the molecule is CC(=O)NS(=O)(=O)c1ccc(N2C(=O)C(=O)C(=C(O)c3ccc(Cl)cc3)[C@@H]2c2ccccc2F)cc1. The number of hydrogen-bond donors (Lipinski definition) is 2. The van der Waals surface area contributed by atoms with E-state index < -0.39 is 45.2 Å². The minimum atomic E-state index is -4.15. The standard InChI is InChI=1S/C25H18ClFN2O6S/c1-14(30)28-36(34,35)18-12-10-17(11-13-18)29-22(19-4-2-3-5-20(19)27)21(24(32)25(29)33)23(31)15-6-8-16(26)9-7-15/h2-13,22,31H,1H3,(H,28,30)/t22-/m0/s1. The lowest BCUT2D eigenvalue weighted by Crippen LogP contribution is -2.30. The highest BCUT2D eigenvalue weighted by Gasteiger charge is 2.47. The molecule has 2 N–H and O–H groups in total.